The molecule has 1 atom stereocenters. The number of hydrogen-bond donors (Lipinski definition) is 1. The van der Waals surface area contributed by atoms with Crippen molar-refractivity contribution in [2.45, 2.75) is 73.6 Å². The average molecular weight is 967 g/mol. The highest BCUT2D eigenvalue weighted by Crippen LogP contribution is 2.45. The summed E-state index contributed by atoms with van der Waals surface area (Å²) in [6.45, 7) is 14.6. The van der Waals surface area contributed by atoms with Gasteiger partial charge in [-0.2, -0.15) is 10.2 Å². The second kappa shape index (κ2) is 21.8. The fourth-order valence-corrected chi connectivity index (χ4v) is 12.2. The maximum Gasteiger partial charge on any atom is 0.274 e. The summed E-state index contributed by atoms with van der Waals surface area (Å²) in [5, 5.41) is 19.6. The molecule has 4 saturated heterocycles. The van der Waals surface area contributed by atoms with Crippen LogP contribution in [-0.2, 0) is 34.1 Å². The number of morpholine rings is 2. The van der Waals surface area contributed by atoms with Gasteiger partial charge in [-0.15, -0.1) is 23.5 Å². The van der Waals surface area contributed by atoms with Crippen molar-refractivity contribution in [1.29, 1.82) is 0 Å². The molecule has 0 aliphatic carbocycles. The summed E-state index contributed by atoms with van der Waals surface area (Å²) in [7, 11) is 0. The molecule has 4 fully saturated rings. The SMILES string of the molecule is CC.O=C(c1nn(-c2ccc(CN3CCC(O)C3)cc2)c2c1CSc1ccccc1-2)N1CCOCC1.O=C(c1nn(-c2ccc(CN3CCCC3)cc2)c2c1CSc1ccccc1-2)N1CCOCC1. The Bertz CT molecular complexity index is 2740. The van der Waals surface area contributed by atoms with Crippen LogP contribution in [0.3, 0.4) is 0 Å². The largest absolute Gasteiger partial charge is 0.392 e. The summed E-state index contributed by atoms with van der Waals surface area (Å²) in [6, 6.07) is 33.9. The van der Waals surface area contributed by atoms with E-state index in [9.17, 15) is 14.7 Å². The number of nitrogens with zero attached hydrogens (tertiary/aromatic N) is 8. The third-order valence-electron chi connectivity index (χ3n) is 13.6. The van der Waals surface area contributed by atoms with Gasteiger partial charge in [0.25, 0.3) is 11.8 Å². The predicted octanol–water partition coefficient (Wildman–Crippen LogP) is 8.42. The Labute approximate surface area is 413 Å². The molecule has 4 aromatic carbocycles. The average Bonchev–Trinajstić information content (AvgIpc) is 4.25. The molecular formula is C54H62N8O5S2. The summed E-state index contributed by atoms with van der Waals surface area (Å²) in [6.07, 6.45) is 3.23. The van der Waals surface area contributed by atoms with Crippen LogP contribution in [0.1, 0.15) is 76.3 Å². The molecular weight excluding hydrogens is 905 g/mol. The van der Waals surface area contributed by atoms with Crippen LogP contribution < -0.4 is 0 Å². The standard InChI is InChI=1S/C26H28N4O3S.C26H28N4O2S.C2H6/c31-20-9-10-28(16-20)15-18-5-7-19(8-6-18)30-25-21-3-1-2-4-23(21)34-17-22(25)24(27-30)26(32)29-11-13-33-14-12-29;31-26(29-13-15-32-16-14-29)24-22-18-33-23-6-2-1-5-21(23)25(22)30(27-24)20-9-7-19(8-10-20)17-28-11-3-4-12-28;1-2/h1-8,20,31H,9-17H2;1-2,5-10H,3-4,11-18H2;1-2H3. The first-order valence-corrected chi connectivity index (χ1v) is 26.7. The van der Waals surface area contributed by atoms with Crippen LogP contribution in [0, 0.1) is 0 Å². The first kappa shape index (κ1) is 47.4. The van der Waals surface area contributed by atoms with Crippen molar-refractivity contribution >= 4 is 35.3 Å². The van der Waals surface area contributed by atoms with E-state index in [0.29, 0.717) is 64.0 Å². The molecule has 0 bridgehead atoms. The molecule has 0 saturated carbocycles. The highest BCUT2D eigenvalue weighted by molar-refractivity contribution is 7.99. The molecule has 6 aromatic rings. The Hall–Kier alpha value is -5.26. The molecule has 12 rings (SSSR count). The molecule has 13 nitrogen and oxygen atoms in total. The number of carbonyl (C=O) groups excluding carboxylic acids is 2. The number of fused-ring (bicyclic) bond motifs is 6. The fourth-order valence-electron chi connectivity index (χ4n) is 10.1. The number of carbonyl (C=O) groups is 2. The lowest BCUT2D eigenvalue weighted by molar-refractivity contribution is 0.0296. The number of likely N-dealkylation sites (tertiary alicyclic amines) is 2. The number of hydrogen-bond acceptors (Lipinski definition) is 11. The van der Waals surface area contributed by atoms with Crippen LogP contribution in [-0.4, -0.2) is 141 Å². The molecule has 8 heterocycles. The molecule has 69 heavy (non-hydrogen) atoms. The third-order valence-corrected chi connectivity index (χ3v) is 15.8. The third kappa shape index (κ3) is 10.2. The van der Waals surface area contributed by atoms with Crippen LogP contribution in [0.2, 0.25) is 0 Å². The number of ether oxygens (including phenoxy) is 2. The molecule has 15 heteroatoms. The van der Waals surface area contributed by atoms with Crippen molar-refractivity contribution in [2.75, 3.05) is 78.8 Å². The molecule has 2 aromatic heterocycles. The lowest BCUT2D eigenvalue weighted by Gasteiger charge is -2.26. The topological polar surface area (TPSA) is 121 Å². The number of rotatable bonds is 8. The molecule has 2 amide bonds. The highest BCUT2D eigenvalue weighted by Gasteiger charge is 2.34. The van der Waals surface area contributed by atoms with E-state index < -0.39 is 0 Å². The van der Waals surface area contributed by atoms with E-state index in [0.717, 1.165) is 89.1 Å². The van der Waals surface area contributed by atoms with Gasteiger partial charge in [0.2, 0.25) is 0 Å². The molecule has 6 aliphatic rings. The van der Waals surface area contributed by atoms with Crippen LogP contribution >= 0.6 is 23.5 Å². The van der Waals surface area contributed by atoms with Crippen LogP contribution in [0.15, 0.2) is 107 Å². The van der Waals surface area contributed by atoms with Gasteiger partial charge in [0.15, 0.2) is 11.4 Å². The Kier molecular flexibility index (Phi) is 15.0. The fraction of sp³-hybridized carbons (Fsp3) is 0.407. The molecule has 6 aliphatic heterocycles. The van der Waals surface area contributed by atoms with Crippen LogP contribution in [0.5, 0.6) is 0 Å². The minimum Gasteiger partial charge on any atom is -0.392 e. The van der Waals surface area contributed by atoms with Gasteiger partial charge in [-0.05, 0) is 79.9 Å². The summed E-state index contributed by atoms with van der Waals surface area (Å²) in [4.78, 5) is 37.9. The van der Waals surface area contributed by atoms with Gasteiger partial charge in [-0.25, -0.2) is 9.36 Å². The number of aromatic nitrogens is 4. The van der Waals surface area contributed by atoms with Crippen molar-refractivity contribution in [2.24, 2.45) is 0 Å². The molecule has 0 spiro atoms. The van der Waals surface area contributed by atoms with E-state index in [2.05, 4.69) is 101 Å². The smallest absolute Gasteiger partial charge is 0.274 e. The quantitative estimate of drug-likeness (QED) is 0.158. The maximum atomic E-state index is 13.5. The highest BCUT2D eigenvalue weighted by atomic mass is 32.2. The molecule has 1 unspecified atom stereocenters. The van der Waals surface area contributed by atoms with Crippen LogP contribution in [0.25, 0.3) is 33.9 Å². The van der Waals surface area contributed by atoms with E-state index in [1.54, 1.807) is 23.5 Å². The number of benzene rings is 4. The van der Waals surface area contributed by atoms with E-state index in [4.69, 9.17) is 19.7 Å². The van der Waals surface area contributed by atoms with Crippen molar-refractivity contribution < 1.29 is 24.2 Å². The summed E-state index contributed by atoms with van der Waals surface area (Å²) >= 11 is 3.55. The van der Waals surface area contributed by atoms with Gasteiger partial charge in [0.05, 0.1) is 55.3 Å². The number of aliphatic hydroxyl groups excluding tert-OH is 1. The Morgan fingerprint density at radius 1 is 0.580 bits per heavy atom. The van der Waals surface area contributed by atoms with Gasteiger partial charge in [-0.3, -0.25) is 19.4 Å². The van der Waals surface area contributed by atoms with Gasteiger partial charge < -0.3 is 24.4 Å². The van der Waals surface area contributed by atoms with E-state index in [1.807, 2.05) is 39.1 Å². The van der Waals surface area contributed by atoms with Gasteiger partial charge in [0.1, 0.15) is 0 Å². The summed E-state index contributed by atoms with van der Waals surface area (Å²) in [5.74, 6) is 1.49. The van der Waals surface area contributed by atoms with Crippen molar-refractivity contribution in [3.05, 3.63) is 131 Å². The van der Waals surface area contributed by atoms with Crippen LogP contribution in [0.4, 0.5) is 0 Å². The lowest BCUT2D eigenvalue weighted by atomic mass is 10.0. The number of amides is 2. The van der Waals surface area contributed by atoms with E-state index in [1.165, 1.54) is 46.8 Å². The van der Waals surface area contributed by atoms with E-state index in [-0.39, 0.29) is 17.9 Å². The van der Waals surface area contributed by atoms with Gasteiger partial charge in [0, 0.05) is 95.9 Å². The van der Waals surface area contributed by atoms with Crippen molar-refractivity contribution in [3.8, 4) is 33.9 Å². The van der Waals surface area contributed by atoms with Gasteiger partial charge in [-0.1, -0.05) is 74.5 Å². The second-order valence-corrected chi connectivity index (χ2v) is 20.1. The number of aliphatic hydroxyl groups is 1. The molecule has 360 valence electrons. The zero-order valence-electron chi connectivity index (χ0n) is 39.7. The maximum absolute atomic E-state index is 13.5. The van der Waals surface area contributed by atoms with Gasteiger partial charge >= 0.3 is 0 Å². The summed E-state index contributed by atoms with van der Waals surface area (Å²) in [5.41, 5.74) is 12.0. The lowest BCUT2D eigenvalue weighted by Crippen LogP contribution is -2.41. The van der Waals surface area contributed by atoms with Crippen molar-refractivity contribution in [3.63, 3.8) is 0 Å². The zero-order valence-corrected chi connectivity index (χ0v) is 41.4. The predicted molar refractivity (Wildman–Crippen MR) is 272 cm³/mol. The second-order valence-electron chi connectivity index (χ2n) is 18.0. The zero-order chi connectivity index (χ0) is 47.3. The normalized spacial score (nSPS) is 18.8. The Morgan fingerprint density at radius 2 is 1.01 bits per heavy atom. The van der Waals surface area contributed by atoms with E-state index >= 15 is 0 Å². The number of β-amino-alcohol motifs (C(OH)–C–C–N with tert-alkyl or cyclic N) is 1. The summed E-state index contributed by atoms with van der Waals surface area (Å²) < 4.78 is 14.8. The first-order chi connectivity index (χ1) is 33.9. The minimum absolute atomic E-state index is 0.0116. The molecule has 1 N–H and O–H groups in total. The van der Waals surface area contributed by atoms with Crippen molar-refractivity contribution in [1.82, 2.24) is 39.2 Å². The number of thioether (sulfide) groups is 2. The monoisotopic (exact) mass is 966 g/mol. The Balaban J connectivity index is 0.000000155. The Morgan fingerprint density at radius 3 is 1.45 bits per heavy atom. The minimum atomic E-state index is -0.213. The first-order valence-electron chi connectivity index (χ1n) is 24.7. The molecule has 0 radical (unpaired) electrons.